The molecule has 1 atom stereocenters. The summed E-state index contributed by atoms with van der Waals surface area (Å²) < 4.78 is 1.40. The number of hydrogen-bond donors (Lipinski definition) is 1. The molecule has 1 heterocycles. The van der Waals surface area contributed by atoms with Crippen LogP contribution in [0.4, 0.5) is 0 Å². The minimum absolute atomic E-state index is 0.155. The van der Waals surface area contributed by atoms with Crippen molar-refractivity contribution in [2.45, 2.75) is 33.4 Å². The molecular weight excluding hydrogens is 304 g/mol. The zero-order valence-electron chi connectivity index (χ0n) is 15.0. The van der Waals surface area contributed by atoms with Crippen LogP contribution in [-0.2, 0) is 6.54 Å². The first-order valence-electron chi connectivity index (χ1n) is 8.25. The first kappa shape index (κ1) is 18.1. The van der Waals surface area contributed by atoms with E-state index in [2.05, 4.69) is 10.4 Å². The maximum Gasteiger partial charge on any atom is 0.274 e. The number of benzene rings is 1. The first-order valence-corrected chi connectivity index (χ1v) is 8.25. The molecule has 1 amide bonds. The molecule has 0 aliphatic rings. The lowest BCUT2D eigenvalue weighted by Gasteiger charge is -2.20. The Morgan fingerprint density at radius 2 is 1.83 bits per heavy atom. The molecule has 0 bridgehead atoms. The Kier molecular flexibility index (Phi) is 5.72. The van der Waals surface area contributed by atoms with E-state index in [4.69, 9.17) is 0 Å². The Hall–Kier alpha value is -2.21. The fourth-order valence-corrected chi connectivity index (χ4v) is 2.38. The smallest absolute Gasteiger partial charge is 0.274 e. The molecule has 0 fully saturated rings. The number of fused-ring (bicyclic) bond motifs is 1. The maximum absolute atomic E-state index is 12.6. The van der Waals surface area contributed by atoms with Gasteiger partial charge in [0, 0.05) is 24.5 Å². The van der Waals surface area contributed by atoms with Crippen molar-refractivity contribution in [1.29, 1.82) is 0 Å². The minimum Gasteiger partial charge on any atom is -0.349 e. The largest absolute Gasteiger partial charge is 0.349 e. The molecule has 130 valence electrons. The van der Waals surface area contributed by atoms with Crippen molar-refractivity contribution in [1.82, 2.24) is 20.0 Å². The van der Waals surface area contributed by atoms with Crippen LogP contribution in [0.5, 0.6) is 0 Å². The lowest BCUT2D eigenvalue weighted by Crippen LogP contribution is -2.39. The minimum atomic E-state index is -0.252. The monoisotopic (exact) mass is 330 g/mol. The number of nitrogens with one attached hydrogen (secondary N) is 1. The maximum atomic E-state index is 12.6. The van der Waals surface area contributed by atoms with Crippen LogP contribution < -0.4 is 10.9 Å². The topological polar surface area (TPSA) is 67.2 Å². The van der Waals surface area contributed by atoms with E-state index in [1.807, 2.05) is 45.8 Å². The fourth-order valence-electron chi connectivity index (χ4n) is 2.38. The van der Waals surface area contributed by atoms with Crippen molar-refractivity contribution in [3.8, 4) is 0 Å². The van der Waals surface area contributed by atoms with Crippen molar-refractivity contribution in [3.63, 3.8) is 0 Å². The van der Waals surface area contributed by atoms with Crippen LogP contribution in [0.2, 0.25) is 0 Å². The predicted molar refractivity (Wildman–Crippen MR) is 96.3 cm³/mol. The SMILES string of the molecule is CC(C)Cn1nc(C(=O)NC[C@@H](C)N(C)C)c2ccccc2c1=O. The van der Waals surface area contributed by atoms with Crippen LogP contribution in [0.1, 0.15) is 31.3 Å². The molecule has 6 heteroatoms. The fraction of sp³-hybridized carbons (Fsp3) is 0.500. The first-order chi connectivity index (χ1) is 11.3. The highest BCUT2D eigenvalue weighted by Gasteiger charge is 2.17. The Balaban J connectivity index is 2.43. The van der Waals surface area contributed by atoms with Gasteiger partial charge in [-0.3, -0.25) is 9.59 Å². The summed E-state index contributed by atoms with van der Waals surface area (Å²) in [6.45, 7) is 7.07. The molecule has 1 aromatic carbocycles. The van der Waals surface area contributed by atoms with Gasteiger partial charge < -0.3 is 10.2 Å². The molecular formula is C18H26N4O2. The number of rotatable bonds is 6. The van der Waals surface area contributed by atoms with Gasteiger partial charge in [0.05, 0.1) is 5.39 Å². The Morgan fingerprint density at radius 3 is 2.42 bits per heavy atom. The molecule has 0 aliphatic heterocycles. The van der Waals surface area contributed by atoms with E-state index < -0.39 is 0 Å². The standard InChI is InChI=1S/C18H26N4O2/c1-12(2)11-22-18(24)15-9-7-6-8-14(15)16(20-22)17(23)19-10-13(3)21(4)5/h6-9,12-13H,10-11H2,1-5H3,(H,19,23)/t13-/m1/s1. The average Bonchev–Trinajstić information content (AvgIpc) is 2.54. The molecule has 6 nitrogen and oxygen atoms in total. The van der Waals surface area contributed by atoms with Gasteiger partial charge in [0.15, 0.2) is 5.69 Å². The third-order valence-corrected chi connectivity index (χ3v) is 4.06. The molecule has 1 aromatic heterocycles. The lowest BCUT2D eigenvalue weighted by atomic mass is 10.1. The second-order valence-electron chi connectivity index (χ2n) is 6.80. The van der Waals surface area contributed by atoms with Gasteiger partial charge in [-0.15, -0.1) is 0 Å². The molecule has 0 radical (unpaired) electrons. The lowest BCUT2D eigenvalue weighted by molar-refractivity contribution is 0.0938. The highest BCUT2D eigenvalue weighted by molar-refractivity contribution is 6.04. The van der Waals surface area contributed by atoms with Crippen molar-refractivity contribution in [3.05, 3.63) is 40.3 Å². The number of likely N-dealkylation sites (N-methyl/N-ethyl adjacent to an activating group) is 1. The molecule has 0 saturated heterocycles. The van der Waals surface area contributed by atoms with Crippen LogP contribution in [0.3, 0.4) is 0 Å². The van der Waals surface area contributed by atoms with Gasteiger partial charge in [-0.25, -0.2) is 4.68 Å². The van der Waals surface area contributed by atoms with E-state index in [9.17, 15) is 9.59 Å². The van der Waals surface area contributed by atoms with Gasteiger partial charge in [-0.05, 0) is 33.0 Å². The highest BCUT2D eigenvalue weighted by Crippen LogP contribution is 2.13. The molecule has 2 rings (SSSR count). The van der Waals surface area contributed by atoms with E-state index >= 15 is 0 Å². The van der Waals surface area contributed by atoms with Crippen molar-refractivity contribution >= 4 is 16.7 Å². The van der Waals surface area contributed by atoms with Crippen LogP contribution in [-0.4, -0.2) is 47.3 Å². The summed E-state index contributed by atoms with van der Waals surface area (Å²) in [7, 11) is 3.93. The summed E-state index contributed by atoms with van der Waals surface area (Å²) >= 11 is 0. The van der Waals surface area contributed by atoms with Gasteiger partial charge in [0.25, 0.3) is 11.5 Å². The molecule has 0 unspecified atom stereocenters. The number of hydrogen-bond acceptors (Lipinski definition) is 4. The van der Waals surface area contributed by atoms with Crippen molar-refractivity contribution in [2.24, 2.45) is 5.92 Å². The van der Waals surface area contributed by atoms with Gasteiger partial charge >= 0.3 is 0 Å². The Morgan fingerprint density at radius 1 is 1.21 bits per heavy atom. The molecule has 1 N–H and O–H groups in total. The summed E-state index contributed by atoms with van der Waals surface area (Å²) in [5.41, 5.74) is 0.148. The molecule has 2 aromatic rings. The van der Waals surface area contributed by atoms with Crippen molar-refractivity contribution in [2.75, 3.05) is 20.6 Å². The third kappa shape index (κ3) is 4.00. The number of carbonyl (C=O) groups excluding carboxylic acids is 1. The van der Waals surface area contributed by atoms with Crippen LogP contribution >= 0.6 is 0 Å². The van der Waals surface area contributed by atoms with Crippen LogP contribution in [0, 0.1) is 5.92 Å². The predicted octanol–water partition coefficient (Wildman–Crippen LogP) is 1.73. The van der Waals surface area contributed by atoms with Crippen LogP contribution in [0.15, 0.2) is 29.1 Å². The number of amides is 1. The quantitative estimate of drug-likeness (QED) is 0.876. The second kappa shape index (κ2) is 7.57. The van der Waals surface area contributed by atoms with E-state index in [-0.39, 0.29) is 23.4 Å². The van der Waals surface area contributed by atoms with Crippen LogP contribution in [0.25, 0.3) is 10.8 Å². The zero-order valence-corrected chi connectivity index (χ0v) is 15.0. The number of carbonyl (C=O) groups is 1. The van der Waals surface area contributed by atoms with Crippen molar-refractivity contribution < 1.29 is 4.79 Å². The van der Waals surface area contributed by atoms with Gasteiger partial charge in [0.1, 0.15) is 0 Å². The number of nitrogens with zero attached hydrogens (tertiary/aromatic N) is 3. The summed E-state index contributed by atoms with van der Waals surface area (Å²) in [5, 5.41) is 8.38. The number of aromatic nitrogens is 2. The van der Waals surface area contributed by atoms with Gasteiger partial charge in [0.2, 0.25) is 0 Å². The molecule has 24 heavy (non-hydrogen) atoms. The van der Waals surface area contributed by atoms with E-state index in [1.54, 1.807) is 18.2 Å². The molecule has 0 aliphatic carbocycles. The van der Waals surface area contributed by atoms with Gasteiger partial charge in [-0.1, -0.05) is 32.0 Å². The Labute approximate surface area is 142 Å². The summed E-state index contributed by atoms with van der Waals surface area (Å²) in [4.78, 5) is 27.2. The molecule has 0 saturated carbocycles. The van der Waals surface area contributed by atoms with E-state index in [1.165, 1.54) is 4.68 Å². The van der Waals surface area contributed by atoms with E-state index in [0.29, 0.717) is 29.6 Å². The average molecular weight is 330 g/mol. The third-order valence-electron chi connectivity index (χ3n) is 4.06. The zero-order chi connectivity index (χ0) is 17.9. The molecule has 0 spiro atoms. The highest BCUT2D eigenvalue weighted by atomic mass is 16.2. The summed E-state index contributed by atoms with van der Waals surface area (Å²) in [6.07, 6.45) is 0. The second-order valence-corrected chi connectivity index (χ2v) is 6.80. The summed E-state index contributed by atoms with van der Waals surface area (Å²) in [6, 6.07) is 7.35. The normalized spacial score (nSPS) is 12.8. The van der Waals surface area contributed by atoms with Gasteiger partial charge in [-0.2, -0.15) is 5.10 Å². The van der Waals surface area contributed by atoms with E-state index in [0.717, 1.165) is 0 Å². The summed E-state index contributed by atoms with van der Waals surface area (Å²) in [5.74, 6) is 0.0124. The Bertz CT molecular complexity index is 780.